The van der Waals surface area contributed by atoms with Crippen molar-refractivity contribution in [2.45, 2.75) is 6.61 Å². The summed E-state index contributed by atoms with van der Waals surface area (Å²) in [5, 5.41) is 10.2. The molecule has 150 valence electrons. The molecule has 0 atom stereocenters. The van der Waals surface area contributed by atoms with Crippen LogP contribution in [0.15, 0.2) is 52.9 Å². The van der Waals surface area contributed by atoms with Gasteiger partial charge in [-0.15, -0.1) is 10.2 Å². The van der Waals surface area contributed by atoms with Crippen LogP contribution in [0.1, 0.15) is 16.2 Å². The molecule has 0 saturated heterocycles. The average molecular weight is 397 g/mol. The smallest absolute Gasteiger partial charge is 0.325 e. The van der Waals surface area contributed by atoms with Crippen molar-refractivity contribution in [3.05, 3.63) is 60.0 Å². The van der Waals surface area contributed by atoms with Crippen molar-refractivity contribution in [2.24, 2.45) is 0 Å². The Morgan fingerprint density at radius 3 is 2.34 bits per heavy atom. The second-order valence-corrected chi connectivity index (χ2v) is 5.81. The van der Waals surface area contributed by atoms with Gasteiger partial charge in [0.1, 0.15) is 18.0 Å². The third-order valence-corrected chi connectivity index (χ3v) is 3.85. The number of methoxy groups -OCH3 is 2. The Bertz CT molecular complexity index is 965. The number of nitrogens with one attached hydrogen (secondary N) is 1. The highest BCUT2D eigenvalue weighted by Crippen LogP contribution is 2.22. The zero-order valence-electron chi connectivity index (χ0n) is 15.9. The van der Waals surface area contributed by atoms with E-state index in [1.807, 2.05) is 30.3 Å². The highest BCUT2D eigenvalue weighted by molar-refractivity contribution is 5.96. The lowest BCUT2D eigenvalue weighted by molar-refractivity contribution is -0.144. The van der Waals surface area contributed by atoms with Crippen LogP contribution in [0.3, 0.4) is 0 Å². The zero-order chi connectivity index (χ0) is 20.6. The fourth-order valence-electron chi connectivity index (χ4n) is 2.40. The predicted octanol–water partition coefficient (Wildman–Crippen LogP) is 2.23. The van der Waals surface area contributed by atoms with Crippen LogP contribution in [-0.4, -0.2) is 42.8 Å². The molecule has 1 N–H and O–H groups in total. The van der Waals surface area contributed by atoms with Crippen molar-refractivity contribution in [3.8, 4) is 23.0 Å². The van der Waals surface area contributed by atoms with E-state index in [0.717, 1.165) is 5.56 Å². The Hall–Kier alpha value is -3.88. The number of rotatable bonds is 8. The summed E-state index contributed by atoms with van der Waals surface area (Å²) in [5.41, 5.74) is 1.05. The molecule has 29 heavy (non-hydrogen) atoms. The van der Waals surface area contributed by atoms with Gasteiger partial charge in [-0.2, -0.15) is 0 Å². The van der Waals surface area contributed by atoms with Crippen molar-refractivity contribution in [2.75, 3.05) is 20.8 Å². The number of aromatic nitrogens is 2. The molecule has 0 aliphatic heterocycles. The summed E-state index contributed by atoms with van der Waals surface area (Å²) in [6.45, 7) is -0.514. The van der Waals surface area contributed by atoms with Crippen LogP contribution in [0.4, 0.5) is 0 Å². The molecule has 3 aromatic rings. The van der Waals surface area contributed by atoms with E-state index >= 15 is 0 Å². The van der Waals surface area contributed by atoms with Gasteiger partial charge in [-0.25, -0.2) is 0 Å². The maximum absolute atomic E-state index is 12.2. The first-order valence-corrected chi connectivity index (χ1v) is 8.63. The number of hydrogen-bond donors (Lipinski definition) is 1. The van der Waals surface area contributed by atoms with Crippen LogP contribution in [0.2, 0.25) is 0 Å². The number of esters is 1. The summed E-state index contributed by atoms with van der Waals surface area (Å²) in [4.78, 5) is 24.1. The van der Waals surface area contributed by atoms with Crippen LogP contribution < -0.4 is 14.8 Å². The third-order valence-electron chi connectivity index (χ3n) is 3.85. The van der Waals surface area contributed by atoms with Crippen molar-refractivity contribution >= 4 is 11.9 Å². The van der Waals surface area contributed by atoms with Gasteiger partial charge in [-0.05, 0) is 24.3 Å². The van der Waals surface area contributed by atoms with Crippen LogP contribution in [0.25, 0.3) is 11.5 Å². The first-order chi connectivity index (χ1) is 14.1. The topological polar surface area (TPSA) is 113 Å². The molecular weight excluding hydrogens is 378 g/mol. The molecule has 0 fully saturated rings. The van der Waals surface area contributed by atoms with Crippen molar-refractivity contribution in [1.29, 1.82) is 0 Å². The molecule has 0 spiro atoms. The lowest BCUT2D eigenvalue weighted by atomic mass is 10.2. The lowest BCUT2D eigenvalue weighted by Crippen LogP contribution is -2.30. The van der Waals surface area contributed by atoms with Gasteiger partial charge in [0.25, 0.3) is 11.8 Å². The summed E-state index contributed by atoms with van der Waals surface area (Å²) < 4.78 is 20.7. The number of hydrogen-bond acceptors (Lipinski definition) is 8. The molecule has 0 radical (unpaired) electrons. The fourth-order valence-corrected chi connectivity index (χ4v) is 2.40. The monoisotopic (exact) mass is 397 g/mol. The van der Waals surface area contributed by atoms with E-state index in [4.69, 9.17) is 18.6 Å². The van der Waals surface area contributed by atoms with Gasteiger partial charge in [0.05, 0.1) is 14.2 Å². The van der Waals surface area contributed by atoms with Gasteiger partial charge in [0, 0.05) is 17.2 Å². The van der Waals surface area contributed by atoms with E-state index < -0.39 is 11.9 Å². The molecule has 9 nitrogen and oxygen atoms in total. The SMILES string of the molecule is COc1cc(OC)cc(C(=O)NCC(=O)OCc2nnc(-c3ccccc3)o2)c1. The molecule has 1 heterocycles. The normalized spacial score (nSPS) is 10.3. The molecular formula is C20H19N3O6. The molecule has 1 amide bonds. The van der Waals surface area contributed by atoms with Gasteiger partial charge in [-0.3, -0.25) is 9.59 Å². The summed E-state index contributed by atoms with van der Waals surface area (Å²) in [7, 11) is 2.96. The van der Waals surface area contributed by atoms with Crippen molar-refractivity contribution < 1.29 is 28.2 Å². The molecule has 0 unspecified atom stereocenters. The molecule has 9 heteroatoms. The van der Waals surface area contributed by atoms with Gasteiger partial charge in [0.2, 0.25) is 5.89 Å². The summed E-state index contributed by atoms with van der Waals surface area (Å²) in [6, 6.07) is 13.9. The summed E-state index contributed by atoms with van der Waals surface area (Å²) in [5.74, 6) is 0.291. The third kappa shape index (κ3) is 5.32. The molecule has 2 aromatic carbocycles. The summed E-state index contributed by atoms with van der Waals surface area (Å²) in [6.07, 6.45) is 0. The molecule has 1 aromatic heterocycles. The van der Waals surface area contributed by atoms with E-state index in [1.165, 1.54) is 26.4 Å². The molecule has 3 rings (SSSR count). The minimum absolute atomic E-state index is 0.154. The Morgan fingerprint density at radius 1 is 1.00 bits per heavy atom. The van der Waals surface area contributed by atoms with E-state index in [-0.39, 0.29) is 19.0 Å². The first-order valence-electron chi connectivity index (χ1n) is 8.63. The van der Waals surface area contributed by atoms with Crippen LogP contribution in [-0.2, 0) is 16.1 Å². The highest BCUT2D eigenvalue weighted by Gasteiger charge is 2.14. The standard InChI is InChI=1S/C20H19N3O6/c1-26-15-8-14(9-16(10-15)27-2)19(25)21-11-18(24)28-12-17-22-23-20(29-17)13-6-4-3-5-7-13/h3-10H,11-12H2,1-2H3,(H,21,25). The predicted molar refractivity (Wildman–Crippen MR) is 101 cm³/mol. The molecule has 0 aliphatic rings. The maximum atomic E-state index is 12.2. The van der Waals surface area contributed by atoms with Crippen LogP contribution >= 0.6 is 0 Å². The number of carbonyl (C=O) groups is 2. The Kier molecular flexibility index (Phi) is 6.41. The average Bonchev–Trinajstić information content (AvgIpc) is 3.25. The van der Waals surface area contributed by atoms with E-state index in [0.29, 0.717) is 23.0 Å². The first kappa shape index (κ1) is 19.9. The van der Waals surface area contributed by atoms with Crippen molar-refractivity contribution in [1.82, 2.24) is 15.5 Å². The minimum atomic E-state index is -0.646. The molecule has 0 aliphatic carbocycles. The van der Waals surface area contributed by atoms with Gasteiger partial charge >= 0.3 is 5.97 Å². The second-order valence-electron chi connectivity index (χ2n) is 5.81. The molecule has 0 bridgehead atoms. The number of ether oxygens (including phenoxy) is 3. The number of nitrogens with zero attached hydrogens (tertiary/aromatic N) is 2. The van der Waals surface area contributed by atoms with Crippen molar-refractivity contribution in [3.63, 3.8) is 0 Å². The van der Waals surface area contributed by atoms with Gasteiger partial charge < -0.3 is 23.9 Å². The second kappa shape index (κ2) is 9.36. The Labute approximate surface area is 166 Å². The Balaban J connectivity index is 1.50. The molecule has 0 saturated carbocycles. The van der Waals surface area contributed by atoms with Crippen LogP contribution in [0, 0.1) is 0 Å². The number of carbonyl (C=O) groups excluding carboxylic acids is 2. The van der Waals surface area contributed by atoms with Crippen LogP contribution in [0.5, 0.6) is 11.5 Å². The maximum Gasteiger partial charge on any atom is 0.325 e. The Morgan fingerprint density at radius 2 is 1.69 bits per heavy atom. The van der Waals surface area contributed by atoms with E-state index in [9.17, 15) is 9.59 Å². The highest BCUT2D eigenvalue weighted by atomic mass is 16.5. The zero-order valence-corrected chi connectivity index (χ0v) is 15.9. The number of benzene rings is 2. The fraction of sp³-hybridized carbons (Fsp3) is 0.200. The van der Waals surface area contributed by atoms with Gasteiger partial charge in [-0.1, -0.05) is 18.2 Å². The largest absolute Gasteiger partial charge is 0.497 e. The number of amides is 1. The minimum Gasteiger partial charge on any atom is -0.497 e. The lowest BCUT2D eigenvalue weighted by Gasteiger charge is -2.09. The van der Waals surface area contributed by atoms with E-state index in [1.54, 1.807) is 6.07 Å². The summed E-state index contributed by atoms with van der Waals surface area (Å²) >= 11 is 0. The van der Waals surface area contributed by atoms with Gasteiger partial charge in [0.15, 0.2) is 6.61 Å². The quantitative estimate of drug-likeness (QED) is 0.576. The van der Waals surface area contributed by atoms with E-state index in [2.05, 4.69) is 15.5 Å².